The van der Waals surface area contributed by atoms with Gasteiger partial charge < -0.3 is 10.5 Å². The lowest BCUT2D eigenvalue weighted by Crippen LogP contribution is -2.38. The Morgan fingerprint density at radius 3 is 2.82 bits per heavy atom. The summed E-state index contributed by atoms with van der Waals surface area (Å²) in [4.78, 5) is 18.5. The minimum Gasteiger partial charge on any atom is -0.384 e. The highest BCUT2D eigenvalue weighted by Gasteiger charge is 2.41. The van der Waals surface area contributed by atoms with Gasteiger partial charge in [-0.3, -0.25) is 14.6 Å². The summed E-state index contributed by atoms with van der Waals surface area (Å²) in [7, 11) is 0. The van der Waals surface area contributed by atoms with Gasteiger partial charge in [-0.25, -0.2) is 0 Å². The number of nitriles is 1. The minimum atomic E-state index is -0.420. The van der Waals surface area contributed by atoms with Crippen LogP contribution in [0.3, 0.4) is 0 Å². The Labute approximate surface area is 202 Å². The van der Waals surface area contributed by atoms with Crippen molar-refractivity contribution in [3.8, 4) is 6.07 Å². The molecule has 0 saturated carbocycles. The number of ether oxygens (including phenoxy) is 1. The number of hydrogen-bond acceptors (Lipinski definition) is 7. The second-order valence-corrected chi connectivity index (χ2v) is 9.92. The Kier molecular flexibility index (Phi) is 6.26. The number of allylic oxidation sites excluding steroid dienone is 3. The molecule has 1 aromatic heterocycles. The van der Waals surface area contributed by atoms with Crippen LogP contribution in [0.2, 0.25) is 5.02 Å². The van der Waals surface area contributed by atoms with Crippen LogP contribution in [0.15, 0.2) is 58.4 Å². The monoisotopic (exact) mass is 480 g/mol. The molecule has 5 rings (SSSR count). The number of ketones is 1. The first-order valence-electron chi connectivity index (χ1n) is 11.2. The van der Waals surface area contributed by atoms with Crippen LogP contribution in [0.1, 0.15) is 35.6 Å². The van der Waals surface area contributed by atoms with Crippen molar-refractivity contribution in [3.05, 3.63) is 73.8 Å². The summed E-state index contributed by atoms with van der Waals surface area (Å²) in [6.07, 6.45) is 1.99. The first kappa shape index (κ1) is 22.2. The van der Waals surface area contributed by atoms with E-state index >= 15 is 0 Å². The quantitative estimate of drug-likeness (QED) is 0.691. The zero-order valence-electron chi connectivity index (χ0n) is 18.2. The summed E-state index contributed by atoms with van der Waals surface area (Å²) < 4.78 is 5.45. The van der Waals surface area contributed by atoms with E-state index in [4.69, 9.17) is 22.1 Å². The number of nitrogens with two attached hydrogens (primary N) is 1. The fraction of sp³-hybridized carbons (Fsp3) is 0.360. The van der Waals surface area contributed by atoms with Crippen LogP contribution < -0.4 is 10.6 Å². The molecule has 170 valence electrons. The highest BCUT2D eigenvalue weighted by molar-refractivity contribution is 7.10. The summed E-state index contributed by atoms with van der Waals surface area (Å²) in [6.45, 7) is 4.16. The van der Waals surface area contributed by atoms with Crippen LogP contribution in [0.25, 0.3) is 0 Å². The molecule has 0 unspecified atom stereocenters. The van der Waals surface area contributed by atoms with Crippen LogP contribution in [0.5, 0.6) is 0 Å². The summed E-state index contributed by atoms with van der Waals surface area (Å²) in [5, 5.41) is 12.9. The third-order valence-electron chi connectivity index (χ3n) is 6.45. The third kappa shape index (κ3) is 4.20. The zero-order chi connectivity index (χ0) is 22.9. The average Bonchev–Trinajstić information content (AvgIpc) is 3.27. The van der Waals surface area contributed by atoms with E-state index in [0.717, 1.165) is 62.0 Å². The number of hydrogen-bond donors (Lipinski definition) is 1. The molecule has 2 N–H and O–H groups in total. The van der Waals surface area contributed by atoms with E-state index < -0.39 is 5.92 Å². The van der Waals surface area contributed by atoms with Crippen molar-refractivity contribution in [3.63, 3.8) is 0 Å². The van der Waals surface area contributed by atoms with Gasteiger partial charge in [0, 0.05) is 52.9 Å². The SMILES string of the molecule is N#CC1=C(N)N(c2cccc(Cl)c2)C2=C(C(=O)CCC2)[C@H]1c1cc(CN2CCOCC2)cs1. The molecule has 6 nitrogen and oxygen atoms in total. The van der Waals surface area contributed by atoms with Gasteiger partial charge in [-0.05, 0) is 48.1 Å². The maximum atomic E-state index is 13.2. The van der Waals surface area contributed by atoms with Gasteiger partial charge in [0.15, 0.2) is 5.78 Å². The summed E-state index contributed by atoms with van der Waals surface area (Å²) >= 11 is 7.85. The van der Waals surface area contributed by atoms with Crippen molar-refractivity contribution < 1.29 is 9.53 Å². The molecule has 2 aromatic rings. The summed E-state index contributed by atoms with van der Waals surface area (Å²) in [5.74, 6) is 0.0506. The van der Waals surface area contributed by atoms with Gasteiger partial charge in [-0.15, -0.1) is 11.3 Å². The molecule has 3 aliphatic rings. The zero-order valence-corrected chi connectivity index (χ0v) is 19.8. The fourth-order valence-electron chi connectivity index (χ4n) is 4.93. The largest absolute Gasteiger partial charge is 0.384 e. The Balaban J connectivity index is 1.57. The van der Waals surface area contributed by atoms with Crippen molar-refractivity contribution in [2.45, 2.75) is 31.7 Å². The molecular formula is C25H25ClN4O2S. The van der Waals surface area contributed by atoms with Gasteiger partial charge in [-0.1, -0.05) is 17.7 Å². The number of halogens is 1. The van der Waals surface area contributed by atoms with Gasteiger partial charge in [0.2, 0.25) is 0 Å². The maximum Gasteiger partial charge on any atom is 0.161 e. The first-order chi connectivity index (χ1) is 16.1. The van der Waals surface area contributed by atoms with Crippen molar-refractivity contribution in [2.75, 3.05) is 31.2 Å². The molecule has 3 heterocycles. The van der Waals surface area contributed by atoms with Crippen LogP contribution in [0.4, 0.5) is 5.69 Å². The Hall–Kier alpha value is -2.63. The summed E-state index contributed by atoms with van der Waals surface area (Å²) in [6, 6.07) is 11.8. The maximum absolute atomic E-state index is 13.2. The molecule has 1 aliphatic carbocycles. The number of nitrogens with zero attached hydrogens (tertiary/aromatic N) is 3. The van der Waals surface area contributed by atoms with Crippen LogP contribution in [-0.2, 0) is 16.1 Å². The molecule has 0 spiro atoms. The molecule has 1 fully saturated rings. The van der Waals surface area contributed by atoms with E-state index in [1.807, 2.05) is 23.1 Å². The highest BCUT2D eigenvalue weighted by Crippen LogP contribution is 2.47. The average molecular weight is 481 g/mol. The number of Topliss-reactive ketones (excluding diaryl/α,β-unsaturated/α-hetero) is 1. The lowest BCUT2D eigenvalue weighted by atomic mass is 9.78. The molecule has 2 aliphatic heterocycles. The lowest BCUT2D eigenvalue weighted by molar-refractivity contribution is -0.116. The molecule has 1 saturated heterocycles. The number of thiophene rings is 1. The molecule has 0 radical (unpaired) electrons. The lowest BCUT2D eigenvalue weighted by Gasteiger charge is -2.39. The third-order valence-corrected chi connectivity index (χ3v) is 7.73. The number of morpholine rings is 1. The number of anilines is 1. The Morgan fingerprint density at radius 2 is 2.06 bits per heavy atom. The minimum absolute atomic E-state index is 0.0941. The Morgan fingerprint density at radius 1 is 1.24 bits per heavy atom. The predicted molar refractivity (Wildman–Crippen MR) is 130 cm³/mol. The van der Waals surface area contributed by atoms with E-state index in [-0.39, 0.29) is 5.78 Å². The molecule has 8 heteroatoms. The van der Waals surface area contributed by atoms with Gasteiger partial charge in [0.1, 0.15) is 5.82 Å². The second kappa shape index (κ2) is 9.32. The van der Waals surface area contributed by atoms with E-state index in [1.165, 1.54) is 5.56 Å². The molecule has 1 aromatic carbocycles. The van der Waals surface area contributed by atoms with E-state index in [2.05, 4.69) is 22.4 Å². The van der Waals surface area contributed by atoms with Crippen molar-refractivity contribution in [2.24, 2.45) is 5.73 Å². The van der Waals surface area contributed by atoms with E-state index in [0.29, 0.717) is 28.4 Å². The molecule has 0 bridgehead atoms. The van der Waals surface area contributed by atoms with E-state index in [1.54, 1.807) is 17.4 Å². The van der Waals surface area contributed by atoms with Crippen molar-refractivity contribution in [1.82, 2.24) is 4.90 Å². The first-order valence-corrected chi connectivity index (χ1v) is 12.4. The normalized spacial score (nSPS) is 21.9. The molecule has 0 amide bonds. The molecule has 33 heavy (non-hydrogen) atoms. The molecule has 1 atom stereocenters. The fourth-order valence-corrected chi connectivity index (χ4v) is 6.13. The van der Waals surface area contributed by atoms with Crippen LogP contribution in [0, 0.1) is 11.3 Å². The molecular weight excluding hydrogens is 456 g/mol. The summed E-state index contributed by atoms with van der Waals surface area (Å²) in [5.41, 5.74) is 10.6. The number of carbonyl (C=O) groups is 1. The predicted octanol–water partition coefficient (Wildman–Crippen LogP) is 4.54. The van der Waals surface area contributed by atoms with Crippen molar-refractivity contribution >= 4 is 34.4 Å². The topological polar surface area (TPSA) is 82.6 Å². The number of carbonyl (C=O) groups excluding carboxylic acids is 1. The van der Waals surface area contributed by atoms with E-state index in [9.17, 15) is 10.1 Å². The highest BCUT2D eigenvalue weighted by atomic mass is 35.5. The van der Waals surface area contributed by atoms with Gasteiger partial charge in [0.05, 0.1) is 30.8 Å². The Bertz CT molecular complexity index is 1190. The van der Waals surface area contributed by atoms with Gasteiger partial charge >= 0.3 is 0 Å². The standard InChI is InChI=1S/C25H25ClN4O2S/c26-17-3-1-4-18(12-17)30-20-5-2-6-21(31)24(20)23(19(13-27)25(30)28)22-11-16(15-33-22)14-29-7-9-32-10-8-29/h1,3-4,11-12,15,23H,2,5-10,14,28H2/t23-/m1/s1. The number of benzene rings is 1. The van der Waals surface area contributed by atoms with Crippen LogP contribution in [-0.4, -0.2) is 37.0 Å². The van der Waals surface area contributed by atoms with Crippen LogP contribution >= 0.6 is 22.9 Å². The number of rotatable bonds is 4. The smallest absolute Gasteiger partial charge is 0.161 e. The van der Waals surface area contributed by atoms with Gasteiger partial charge in [-0.2, -0.15) is 5.26 Å². The second-order valence-electron chi connectivity index (χ2n) is 8.54. The van der Waals surface area contributed by atoms with Gasteiger partial charge in [0.25, 0.3) is 0 Å². The van der Waals surface area contributed by atoms with Crippen molar-refractivity contribution in [1.29, 1.82) is 5.26 Å².